The number of piperidine rings is 1. The van der Waals surface area contributed by atoms with Gasteiger partial charge in [-0.3, -0.25) is 0 Å². The van der Waals surface area contributed by atoms with E-state index < -0.39 is 16.0 Å². The van der Waals surface area contributed by atoms with Crippen LogP contribution in [0.5, 0.6) is 0 Å². The Hall–Kier alpha value is -0.710. The molecule has 0 atom stereocenters. The van der Waals surface area contributed by atoms with Gasteiger partial charge in [0.1, 0.15) is 6.61 Å². The van der Waals surface area contributed by atoms with E-state index >= 15 is 0 Å². The van der Waals surface area contributed by atoms with Crippen molar-refractivity contribution in [2.45, 2.75) is 23.8 Å². The summed E-state index contributed by atoms with van der Waals surface area (Å²) in [6, 6.07) is 6.72. The van der Waals surface area contributed by atoms with Crippen molar-refractivity contribution in [3.63, 3.8) is 0 Å². The molecule has 1 N–H and O–H groups in total. The van der Waals surface area contributed by atoms with Gasteiger partial charge in [-0.25, -0.2) is 13.2 Å². The van der Waals surface area contributed by atoms with E-state index in [0.29, 0.717) is 25.9 Å². The number of halogens is 1. The van der Waals surface area contributed by atoms with Gasteiger partial charge in [-0.2, -0.15) is 4.31 Å². The summed E-state index contributed by atoms with van der Waals surface area (Å²) in [5.74, 6) is -1.01. The standard InChI is InChI=1S/C13H16INO5S/c14-10-1-3-12(4-2-10)21(18,19)15-7-5-11(6-8-15)20-9-13(16)17/h1-4,11H,5-9H2,(H,16,17). The molecule has 0 unspecified atom stereocenters. The highest BCUT2D eigenvalue weighted by molar-refractivity contribution is 14.1. The number of carboxylic acids is 1. The van der Waals surface area contributed by atoms with Crippen molar-refractivity contribution in [2.24, 2.45) is 0 Å². The van der Waals surface area contributed by atoms with Gasteiger partial charge in [0.05, 0.1) is 11.0 Å². The summed E-state index contributed by atoms with van der Waals surface area (Å²) in [5.41, 5.74) is 0. The maximum absolute atomic E-state index is 12.5. The molecule has 0 radical (unpaired) electrons. The highest BCUT2D eigenvalue weighted by Crippen LogP contribution is 2.22. The lowest BCUT2D eigenvalue weighted by Gasteiger charge is -2.30. The maximum Gasteiger partial charge on any atom is 0.329 e. The van der Waals surface area contributed by atoms with Crippen LogP contribution in [0.2, 0.25) is 0 Å². The van der Waals surface area contributed by atoms with Gasteiger partial charge in [-0.1, -0.05) is 0 Å². The van der Waals surface area contributed by atoms with Crippen LogP contribution in [0.3, 0.4) is 0 Å². The zero-order valence-corrected chi connectivity index (χ0v) is 14.2. The van der Waals surface area contributed by atoms with Crippen LogP contribution in [0, 0.1) is 3.57 Å². The van der Waals surface area contributed by atoms with E-state index in [4.69, 9.17) is 9.84 Å². The monoisotopic (exact) mass is 425 g/mol. The van der Waals surface area contributed by atoms with Crippen molar-refractivity contribution in [2.75, 3.05) is 19.7 Å². The number of aliphatic carboxylic acids is 1. The average molecular weight is 425 g/mol. The van der Waals surface area contributed by atoms with Crippen LogP contribution in [-0.2, 0) is 19.6 Å². The van der Waals surface area contributed by atoms with Gasteiger partial charge in [0.15, 0.2) is 0 Å². The number of nitrogens with zero attached hydrogens (tertiary/aromatic N) is 1. The summed E-state index contributed by atoms with van der Waals surface area (Å²) in [6.07, 6.45) is 0.831. The number of hydrogen-bond acceptors (Lipinski definition) is 4. The van der Waals surface area contributed by atoms with E-state index in [1.807, 2.05) is 0 Å². The number of rotatable bonds is 5. The maximum atomic E-state index is 12.5. The predicted molar refractivity (Wildman–Crippen MR) is 84.5 cm³/mol. The third-order valence-corrected chi connectivity index (χ3v) is 5.93. The Labute approximate surface area is 137 Å². The number of benzene rings is 1. The molecule has 2 rings (SSSR count). The van der Waals surface area contributed by atoms with Gasteiger partial charge < -0.3 is 9.84 Å². The molecular formula is C13H16INO5S. The molecule has 6 nitrogen and oxygen atoms in total. The summed E-state index contributed by atoms with van der Waals surface area (Å²) < 4.78 is 32.5. The second-order valence-electron chi connectivity index (χ2n) is 4.76. The highest BCUT2D eigenvalue weighted by Gasteiger charge is 2.29. The van der Waals surface area contributed by atoms with E-state index in [9.17, 15) is 13.2 Å². The first-order chi connectivity index (χ1) is 9.89. The van der Waals surface area contributed by atoms with Crippen LogP contribution in [0.15, 0.2) is 29.2 Å². The van der Waals surface area contributed by atoms with Gasteiger partial charge in [-0.05, 0) is 59.7 Å². The number of ether oxygens (including phenoxy) is 1. The molecule has 1 aromatic rings. The Morgan fingerprint density at radius 2 is 1.86 bits per heavy atom. The van der Waals surface area contributed by atoms with Gasteiger partial charge >= 0.3 is 5.97 Å². The Balaban J connectivity index is 1.97. The summed E-state index contributed by atoms with van der Waals surface area (Å²) >= 11 is 2.12. The Kier molecular flexibility index (Phi) is 5.58. The first-order valence-electron chi connectivity index (χ1n) is 6.48. The van der Waals surface area contributed by atoms with Crippen molar-refractivity contribution >= 4 is 38.6 Å². The molecule has 116 valence electrons. The average Bonchev–Trinajstić information content (AvgIpc) is 2.46. The third-order valence-electron chi connectivity index (χ3n) is 3.29. The minimum absolute atomic E-state index is 0.190. The summed E-state index contributed by atoms with van der Waals surface area (Å²) in [6.45, 7) is 0.353. The lowest BCUT2D eigenvalue weighted by molar-refractivity contribution is -0.145. The van der Waals surface area contributed by atoms with Gasteiger partial charge in [0, 0.05) is 16.7 Å². The van der Waals surface area contributed by atoms with Crippen LogP contribution in [-0.4, -0.2) is 49.6 Å². The van der Waals surface area contributed by atoms with E-state index in [1.54, 1.807) is 24.3 Å². The molecule has 1 heterocycles. The molecule has 0 amide bonds. The van der Waals surface area contributed by atoms with Crippen LogP contribution < -0.4 is 0 Å². The molecule has 0 spiro atoms. The van der Waals surface area contributed by atoms with Gasteiger partial charge in [0.2, 0.25) is 10.0 Å². The van der Waals surface area contributed by atoms with E-state index in [2.05, 4.69) is 22.6 Å². The fourth-order valence-electron chi connectivity index (χ4n) is 2.18. The van der Waals surface area contributed by atoms with Crippen molar-refractivity contribution in [3.05, 3.63) is 27.8 Å². The van der Waals surface area contributed by atoms with Crippen LogP contribution in [0.4, 0.5) is 0 Å². The van der Waals surface area contributed by atoms with Crippen LogP contribution in [0.1, 0.15) is 12.8 Å². The molecule has 8 heteroatoms. The normalized spacial score (nSPS) is 17.8. The van der Waals surface area contributed by atoms with Gasteiger partial charge in [0.25, 0.3) is 0 Å². The quantitative estimate of drug-likeness (QED) is 0.724. The fraction of sp³-hybridized carbons (Fsp3) is 0.462. The summed E-state index contributed by atoms with van der Waals surface area (Å²) in [4.78, 5) is 10.7. The number of sulfonamides is 1. The first kappa shape index (κ1) is 16.7. The summed E-state index contributed by atoms with van der Waals surface area (Å²) in [5, 5.41) is 8.56. The molecule has 21 heavy (non-hydrogen) atoms. The molecule has 1 aromatic carbocycles. The molecule has 0 bridgehead atoms. The topological polar surface area (TPSA) is 83.9 Å². The van der Waals surface area contributed by atoms with Crippen molar-refractivity contribution < 1.29 is 23.1 Å². The fourth-order valence-corrected chi connectivity index (χ4v) is 4.01. The Morgan fingerprint density at radius 3 is 2.38 bits per heavy atom. The molecule has 0 aromatic heterocycles. The molecule has 1 aliphatic heterocycles. The van der Waals surface area contributed by atoms with E-state index in [0.717, 1.165) is 3.57 Å². The van der Waals surface area contributed by atoms with E-state index in [-0.39, 0.29) is 17.6 Å². The number of hydrogen-bond donors (Lipinski definition) is 1. The molecule has 1 fully saturated rings. The molecule has 1 saturated heterocycles. The Morgan fingerprint density at radius 1 is 1.29 bits per heavy atom. The molecule has 0 saturated carbocycles. The lowest BCUT2D eigenvalue weighted by atomic mass is 10.1. The molecular weight excluding hydrogens is 409 g/mol. The zero-order chi connectivity index (χ0) is 15.5. The Bertz CT molecular complexity index is 593. The second kappa shape index (κ2) is 7.03. The SMILES string of the molecule is O=C(O)COC1CCN(S(=O)(=O)c2ccc(I)cc2)CC1. The largest absolute Gasteiger partial charge is 0.480 e. The predicted octanol–water partition coefficient (Wildman–Crippen LogP) is 1.55. The summed E-state index contributed by atoms with van der Waals surface area (Å²) in [7, 11) is -3.48. The molecule has 0 aliphatic carbocycles. The van der Waals surface area contributed by atoms with Crippen molar-refractivity contribution in [1.82, 2.24) is 4.31 Å². The van der Waals surface area contributed by atoms with Crippen LogP contribution in [0.25, 0.3) is 0 Å². The van der Waals surface area contributed by atoms with Gasteiger partial charge in [-0.15, -0.1) is 0 Å². The third kappa shape index (κ3) is 4.38. The first-order valence-corrected chi connectivity index (χ1v) is 9.00. The molecule has 1 aliphatic rings. The minimum atomic E-state index is -3.48. The highest BCUT2D eigenvalue weighted by atomic mass is 127. The zero-order valence-electron chi connectivity index (χ0n) is 11.2. The van der Waals surface area contributed by atoms with Crippen molar-refractivity contribution in [3.8, 4) is 0 Å². The number of carbonyl (C=O) groups is 1. The minimum Gasteiger partial charge on any atom is -0.480 e. The van der Waals surface area contributed by atoms with Crippen LogP contribution >= 0.6 is 22.6 Å². The second-order valence-corrected chi connectivity index (χ2v) is 7.95. The smallest absolute Gasteiger partial charge is 0.329 e. The number of carboxylic acid groups (broad SMARTS) is 1. The van der Waals surface area contributed by atoms with E-state index in [1.165, 1.54) is 4.31 Å². The lowest BCUT2D eigenvalue weighted by Crippen LogP contribution is -2.41. The van der Waals surface area contributed by atoms with Crippen molar-refractivity contribution in [1.29, 1.82) is 0 Å².